The molecule has 21 heavy (non-hydrogen) atoms. The average Bonchev–Trinajstić information content (AvgIpc) is 3.09. The fourth-order valence-electron chi connectivity index (χ4n) is 2.97. The molecule has 0 radical (unpaired) electrons. The lowest BCUT2D eigenvalue weighted by Gasteiger charge is -2.33. The number of hydrogen-bond acceptors (Lipinski definition) is 5. The minimum absolute atomic E-state index is 0.00576. The van der Waals surface area contributed by atoms with Crippen LogP contribution in [-0.2, 0) is 0 Å². The van der Waals surface area contributed by atoms with Gasteiger partial charge in [-0.3, -0.25) is 4.79 Å². The zero-order chi connectivity index (χ0) is 14.7. The Labute approximate surface area is 125 Å². The third-order valence-electron chi connectivity index (χ3n) is 4.39. The first-order chi connectivity index (χ1) is 10.3. The highest BCUT2D eigenvalue weighted by molar-refractivity contribution is 5.92. The Kier molecular flexibility index (Phi) is 4.34. The number of nitrogens with zero attached hydrogens (tertiary/aromatic N) is 5. The SMILES string of the molecule is CCN1CCN(C(=O)c2cnc(N3CCCC3)cn2)CC1. The van der Waals surface area contributed by atoms with Crippen molar-refractivity contribution < 1.29 is 4.79 Å². The van der Waals surface area contributed by atoms with E-state index in [2.05, 4.69) is 26.7 Å². The van der Waals surface area contributed by atoms with Gasteiger partial charge in [0.15, 0.2) is 0 Å². The highest BCUT2D eigenvalue weighted by Crippen LogP contribution is 2.16. The van der Waals surface area contributed by atoms with Gasteiger partial charge < -0.3 is 14.7 Å². The molecular formula is C15H23N5O. The molecule has 2 aliphatic heterocycles. The Morgan fingerprint density at radius 1 is 1.05 bits per heavy atom. The number of carbonyl (C=O) groups excluding carboxylic acids is 1. The molecule has 1 aromatic heterocycles. The van der Waals surface area contributed by atoms with Gasteiger partial charge in [0.25, 0.3) is 5.91 Å². The van der Waals surface area contributed by atoms with E-state index >= 15 is 0 Å². The van der Waals surface area contributed by atoms with Crippen LogP contribution in [-0.4, -0.2) is 71.5 Å². The van der Waals surface area contributed by atoms with Crippen LogP contribution < -0.4 is 4.90 Å². The van der Waals surface area contributed by atoms with Crippen LogP contribution in [0.5, 0.6) is 0 Å². The van der Waals surface area contributed by atoms with E-state index in [1.54, 1.807) is 12.4 Å². The lowest BCUT2D eigenvalue weighted by molar-refractivity contribution is 0.0637. The Bertz CT molecular complexity index is 475. The predicted molar refractivity (Wildman–Crippen MR) is 81.5 cm³/mol. The van der Waals surface area contributed by atoms with Gasteiger partial charge in [-0.2, -0.15) is 0 Å². The van der Waals surface area contributed by atoms with Crippen molar-refractivity contribution >= 4 is 11.7 Å². The molecule has 3 heterocycles. The zero-order valence-electron chi connectivity index (χ0n) is 12.7. The van der Waals surface area contributed by atoms with Crippen molar-refractivity contribution in [2.75, 3.05) is 50.7 Å². The summed E-state index contributed by atoms with van der Waals surface area (Å²) in [6, 6.07) is 0. The molecule has 1 aromatic rings. The van der Waals surface area contributed by atoms with E-state index in [0.717, 1.165) is 51.6 Å². The van der Waals surface area contributed by atoms with Crippen molar-refractivity contribution in [2.45, 2.75) is 19.8 Å². The summed E-state index contributed by atoms with van der Waals surface area (Å²) in [6.45, 7) is 8.74. The molecule has 0 bridgehead atoms. The highest BCUT2D eigenvalue weighted by atomic mass is 16.2. The summed E-state index contributed by atoms with van der Waals surface area (Å²) in [6.07, 6.45) is 5.79. The molecule has 0 atom stereocenters. The maximum absolute atomic E-state index is 12.4. The number of rotatable bonds is 3. The van der Waals surface area contributed by atoms with Gasteiger partial charge in [-0.05, 0) is 19.4 Å². The van der Waals surface area contributed by atoms with Crippen LogP contribution in [0.2, 0.25) is 0 Å². The quantitative estimate of drug-likeness (QED) is 0.826. The van der Waals surface area contributed by atoms with Gasteiger partial charge in [0.2, 0.25) is 0 Å². The molecule has 6 nitrogen and oxygen atoms in total. The summed E-state index contributed by atoms with van der Waals surface area (Å²) in [5, 5.41) is 0. The Balaban J connectivity index is 1.62. The first-order valence-electron chi connectivity index (χ1n) is 7.86. The van der Waals surface area contributed by atoms with Crippen molar-refractivity contribution in [1.29, 1.82) is 0 Å². The molecule has 0 aliphatic carbocycles. The minimum Gasteiger partial charge on any atom is -0.355 e. The maximum Gasteiger partial charge on any atom is 0.274 e. The molecular weight excluding hydrogens is 266 g/mol. The first-order valence-corrected chi connectivity index (χ1v) is 7.86. The van der Waals surface area contributed by atoms with E-state index in [9.17, 15) is 4.79 Å². The van der Waals surface area contributed by atoms with Crippen LogP contribution in [0.15, 0.2) is 12.4 Å². The molecule has 0 unspecified atom stereocenters. The van der Waals surface area contributed by atoms with Crippen LogP contribution in [0.3, 0.4) is 0 Å². The molecule has 1 amide bonds. The molecule has 2 fully saturated rings. The second kappa shape index (κ2) is 6.39. The number of likely N-dealkylation sites (N-methyl/N-ethyl adjacent to an activating group) is 1. The van der Waals surface area contributed by atoms with E-state index in [4.69, 9.17) is 0 Å². The number of anilines is 1. The summed E-state index contributed by atoms with van der Waals surface area (Å²) < 4.78 is 0. The van der Waals surface area contributed by atoms with Gasteiger partial charge in [-0.25, -0.2) is 9.97 Å². The number of piperazine rings is 1. The molecule has 2 saturated heterocycles. The fourth-order valence-corrected chi connectivity index (χ4v) is 2.97. The standard InChI is InChI=1S/C15H23N5O/c1-2-18-7-9-20(10-8-18)15(21)13-11-17-14(12-16-13)19-5-3-4-6-19/h11-12H,2-10H2,1H3. The van der Waals surface area contributed by atoms with E-state index in [-0.39, 0.29) is 5.91 Å². The topological polar surface area (TPSA) is 52.6 Å². The fraction of sp³-hybridized carbons (Fsp3) is 0.667. The Hall–Kier alpha value is -1.69. The second-order valence-electron chi connectivity index (χ2n) is 5.68. The van der Waals surface area contributed by atoms with Gasteiger partial charge in [0, 0.05) is 39.3 Å². The molecule has 114 valence electrons. The molecule has 0 saturated carbocycles. The van der Waals surface area contributed by atoms with Crippen molar-refractivity contribution in [3.63, 3.8) is 0 Å². The summed E-state index contributed by atoms with van der Waals surface area (Å²) in [7, 11) is 0. The van der Waals surface area contributed by atoms with Crippen LogP contribution in [0, 0.1) is 0 Å². The van der Waals surface area contributed by atoms with Crippen molar-refractivity contribution in [1.82, 2.24) is 19.8 Å². The smallest absolute Gasteiger partial charge is 0.274 e. The molecule has 0 N–H and O–H groups in total. The molecule has 6 heteroatoms. The molecule has 3 rings (SSSR count). The van der Waals surface area contributed by atoms with E-state index in [0.29, 0.717) is 5.69 Å². The number of hydrogen-bond donors (Lipinski definition) is 0. The van der Waals surface area contributed by atoms with E-state index in [1.165, 1.54) is 12.8 Å². The van der Waals surface area contributed by atoms with E-state index < -0.39 is 0 Å². The van der Waals surface area contributed by atoms with Crippen molar-refractivity contribution in [3.05, 3.63) is 18.1 Å². The highest BCUT2D eigenvalue weighted by Gasteiger charge is 2.23. The van der Waals surface area contributed by atoms with Crippen molar-refractivity contribution in [3.8, 4) is 0 Å². The molecule has 0 spiro atoms. The minimum atomic E-state index is 0.00576. The maximum atomic E-state index is 12.4. The number of aromatic nitrogens is 2. The van der Waals surface area contributed by atoms with Gasteiger partial charge >= 0.3 is 0 Å². The monoisotopic (exact) mass is 289 g/mol. The number of carbonyl (C=O) groups is 1. The molecule has 2 aliphatic rings. The normalized spacial score (nSPS) is 20.0. The third-order valence-corrected chi connectivity index (χ3v) is 4.39. The lowest BCUT2D eigenvalue weighted by Crippen LogP contribution is -2.48. The van der Waals surface area contributed by atoms with Crippen LogP contribution >= 0.6 is 0 Å². The average molecular weight is 289 g/mol. The summed E-state index contributed by atoms with van der Waals surface area (Å²) in [5.41, 5.74) is 0.461. The van der Waals surface area contributed by atoms with E-state index in [1.807, 2.05) is 4.90 Å². The van der Waals surface area contributed by atoms with Crippen LogP contribution in [0.25, 0.3) is 0 Å². The zero-order valence-corrected chi connectivity index (χ0v) is 12.7. The lowest BCUT2D eigenvalue weighted by atomic mass is 10.3. The number of amides is 1. The molecule has 0 aromatic carbocycles. The Morgan fingerprint density at radius 3 is 2.33 bits per heavy atom. The van der Waals surface area contributed by atoms with Gasteiger partial charge in [-0.15, -0.1) is 0 Å². The summed E-state index contributed by atoms with van der Waals surface area (Å²) >= 11 is 0. The van der Waals surface area contributed by atoms with Gasteiger partial charge in [0.1, 0.15) is 11.5 Å². The predicted octanol–water partition coefficient (Wildman–Crippen LogP) is 0.854. The van der Waals surface area contributed by atoms with Crippen LogP contribution in [0.4, 0.5) is 5.82 Å². The largest absolute Gasteiger partial charge is 0.355 e. The Morgan fingerprint density at radius 2 is 1.76 bits per heavy atom. The summed E-state index contributed by atoms with van der Waals surface area (Å²) in [4.78, 5) is 27.6. The summed E-state index contributed by atoms with van der Waals surface area (Å²) in [5.74, 6) is 0.895. The first kappa shape index (κ1) is 14.3. The van der Waals surface area contributed by atoms with Crippen LogP contribution in [0.1, 0.15) is 30.3 Å². The van der Waals surface area contributed by atoms with Gasteiger partial charge in [0.05, 0.1) is 12.4 Å². The second-order valence-corrected chi connectivity index (χ2v) is 5.68. The van der Waals surface area contributed by atoms with Gasteiger partial charge in [-0.1, -0.05) is 6.92 Å². The third kappa shape index (κ3) is 3.15. The van der Waals surface area contributed by atoms with Crippen molar-refractivity contribution in [2.24, 2.45) is 0 Å².